The Morgan fingerprint density at radius 3 is 2.72 bits per heavy atom. The Labute approximate surface area is 175 Å². The van der Waals surface area contributed by atoms with Crippen LogP contribution in [0.3, 0.4) is 0 Å². The number of amides is 1. The molecule has 1 aliphatic heterocycles. The zero-order valence-electron chi connectivity index (χ0n) is 15.3. The number of hydrogen-bond acceptors (Lipinski definition) is 6. The SMILES string of the molecule is COc1cc(/C=C2/SC(=S)N(CC(=O)O)C2=O)ccc1OCc1ccccc1F. The predicted octanol–water partition coefficient (Wildman–Crippen LogP) is 3.70. The van der Waals surface area contributed by atoms with E-state index in [1.165, 1.54) is 13.2 Å². The van der Waals surface area contributed by atoms with Gasteiger partial charge in [0, 0.05) is 5.56 Å². The molecule has 29 heavy (non-hydrogen) atoms. The first kappa shape index (κ1) is 20.8. The molecule has 2 aromatic carbocycles. The number of halogens is 1. The maximum atomic E-state index is 13.7. The van der Waals surface area contributed by atoms with Crippen molar-refractivity contribution in [3.05, 3.63) is 64.3 Å². The summed E-state index contributed by atoms with van der Waals surface area (Å²) in [5.41, 5.74) is 1.07. The molecule has 150 valence electrons. The van der Waals surface area contributed by atoms with Gasteiger partial charge in [0.1, 0.15) is 23.3 Å². The van der Waals surface area contributed by atoms with Crippen molar-refractivity contribution in [1.29, 1.82) is 0 Å². The van der Waals surface area contributed by atoms with E-state index in [0.717, 1.165) is 16.7 Å². The molecule has 6 nitrogen and oxygen atoms in total. The highest BCUT2D eigenvalue weighted by molar-refractivity contribution is 8.26. The van der Waals surface area contributed by atoms with Crippen molar-refractivity contribution in [2.45, 2.75) is 6.61 Å². The molecule has 9 heteroatoms. The molecule has 0 aromatic heterocycles. The lowest BCUT2D eigenvalue weighted by molar-refractivity contribution is -0.140. The van der Waals surface area contributed by atoms with Crippen molar-refractivity contribution < 1.29 is 28.6 Å². The number of thioether (sulfide) groups is 1. The van der Waals surface area contributed by atoms with Crippen LogP contribution >= 0.6 is 24.0 Å². The molecule has 1 saturated heterocycles. The number of carbonyl (C=O) groups excluding carboxylic acids is 1. The average molecular weight is 433 g/mol. The highest BCUT2D eigenvalue weighted by Gasteiger charge is 2.33. The number of hydrogen-bond donors (Lipinski definition) is 1. The molecule has 1 amide bonds. The van der Waals surface area contributed by atoms with Gasteiger partial charge in [-0.25, -0.2) is 4.39 Å². The van der Waals surface area contributed by atoms with Crippen LogP contribution in [0.25, 0.3) is 6.08 Å². The van der Waals surface area contributed by atoms with Gasteiger partial charge >= 0.3 is 5.97 Å². The van der Waals surface area contributed by atoms with E-state index in [2.05, 4.69) is 0 Å². The minimum Gasteiger partial charge on any atom is -0.493 e. The van der Waals surface area contributed by atoms with Gasteiger partial charge in [0.15, 0.2) is 11.5 Å². The molecule has 0 unspecified atom stereocenters. The van der Waals surface area contributed by atoms with E-state index in [9.17, 15) is 14.0 Å². The number of nitrogens with zero attached hydrogens (tertiary/aromatic N) is 1. The van der Waals surface area contributed by atoms with Crippen LogP contribution in [0, 0.1) is 5.82 Å². The molecule has 1 N–H and O–H groups in total. The van der Waals surface area contributed by atoms with Crippen LogP contribution in [0.5, 0.6) is 11.5 Å². The fourth-order valence-electron chi connectivity index (χ4n) is 2.59. The second-order valence-electron chi connectivity index (χ2n) is 5.95. The van der Waals surface area contributed by atoms with Crippen molar-refractivity contribution in [2.75, 3.05) is 13.7 Å². The highest BCUT2D eigenvalue weighted by atomic mass is 32.2. The Kier molecular flexibility index (Phi) is 6.50. The van der Waals surface area contributed by atoms with E-state index in [-0.39, 0.29) is 16.7 Å². The Morgan fingerprint density at radius 2 is 2.03 bits per heavy atom. The van der Waals surface area contributed by atoms with Crippen molar-refractivity contribution in [3.63, 3.8) is 0 Å². The van der Waals surface area contributed by atoms with Gasteiger partial charge < -0.3 is 14.6 Å². The first-order valence-corrected chi connectivity index (χ1v) is 9.63. The van der Waals surface area contributed by atoms with Crippen LogP contribution in [0.15, 0.2) is 47.4 Å². The summed E-state index contributed by atoms with van der Waals surface area (Å²) >= 11 is 6.12. The Balaban J connectivity index is 1.77. The molecule has 0 bridgehead atoms. The Bertz CT molecular complexity index is 1010. The summed E-state index contributed by atoms with van der Waals surface area (Å²) < 4.78 is 24.9. The summed E-state index contributed by atoms with van der Waals surface area (Å²) in [7, 11) is 1.47. The third-order valence-corrected chi connectivity index (χ3v) is 5.37. The lowest BCUT2D eigenvalue weighted by Gasteiger charge is -2.12. The largest absolute Gasteiger partial charge is 0.493 e. The van der Waals surface area contributed by atoms with Crippen molar-refractivity contribution >= 4 is 46.3 Å². The van der Waals surface area contributed by atoms with E-state index >= 15 is 0 Å². The molecule has 0 radical (unpaired) electrons. The van der Waals surface area contributed by atoms with E-state index in [4.69, 9.17) is 26.8 Å². The Hall–Kier alpha value is -2.91. The van der Waals surface area contributed by atoms with Crippen LogP contribution < -0.4 is 9.47 Å². The first-order valence-electron chi connectivity index (χ1n) is 8.40. The summed E-state index contributed by atoms with van der Waals surface area (Å²) in [6.07, 6.45) is 1.60. The second-order valence-corrected chi connectivity index (χ2v) is 7.63. The smallest absolute Gasteiger partial charge is 0.323 e. The van der Waals surface area contributed by atoms with Crippen LogP contribution in [0.2, 0.25) is 0 Å². The molecular weight excluding hydrogens is 417 g/mol. The number of carbonyl (C=O) groups is 2. The molecule has 0 saturated carbocycles. The Morgan fingerprint density at radius 1 is 1.28 bits per heavy atom. The number of rotatable bonds is 7. The summed E-state index contributed by atoms with van der Waals surface area (Å²) in [5.74, 6) is -1.12. The van der Waals surface area contributed by atoms with Gasteiger partial charge in [0.2, 0.25) is 0 Å². The third-order valence-electron chi connectivity index (χ3n) is 3.99. The number of carboxylic acid groups (broad SMARTS) is 1. The van der Waals surface area contributed by atoms with Gasteiger partial charge in [-0.2, -0.15) is 0 Å². The first-order chi connectivity index (χ1) is 13.9. The van der Waals surface area contributed by atoms with Gasteiger partial charge in [-0.1, -0.05) is 48.2 Å². The molecule has 1 heterocycles. The lowest BCUT2D eigenvalue weighted by Crippen LogP contribution is -2.33. The van der Waals surface area contributed by atoms with E-state index in [0.29, 0.717) is 27.5 Å². The van der Waals surface area contributed by atoms with Gasteiger partial charge in [0.25, 0.3) is 5.91 Å². The zero-order valence-corrected chi connectivity index (χ0v) is 16.9. The number of thiocarbonyl (C=S) groups is 1. The number of aliphatic carboxylic acids is 1. The molecular formula is C20H16FNO5S2. The van der Waals surface area contributed by atoms with Crippen LogP contribution in [-0.2, 0) is 16.2 Å². The van der Waals surface area contributed by atoms with Crippen molar-refractivity contribution in [1.82, 2.24) is 4.90 Å². The van der Waals surface area contributed by atoms with Crippen LogP contribution in [0.4, 0.5) is 4.39 Å². The molecule has 0 atom stereocenters. The number of methoxy groups -OCH3 is 1. The number of carboxylic acids is 1. The molecule has 0 spiro atoms. The standard InChI is InChI=1S/C20H16FNO5S2/c1-26-16-8-12(9-17-19(25)22(10-18(23)24)20(28)29-17)6-7-15(16)27-11-13-4-2-3-5-14(13)21/h2-9H,10-11H2,1H3,(H,23,24)/b17-9+. The molecule has 1 aliphatic rings. The van der Waals surface area contributed by atoms with Gasteiger partial charge in [-0.15, -0.1) is 0 Å². The van der Waals surface area contributed by atoms with E-state index in [1.54, 1.807) is 42.5 Å². The molecule has 1 fully saturated rings. The van der Waals surface area contributed by atoms with Crippen LogP contribution in [0.1, 0.15) is 11.1 Å². The zero-order chi connectivity index (χ0) is 21.0. The number of benzene rings is 2. The van der Waals surface area contributed by atoms with E-state index < -0.39 is 18.4 Å². The molecule has 2 aromatic rings. The fraction of sp³-hybridized carbons (Fsp3) is 0.150. The average Bonchev–Trinajstić information content (AvgIpc) is 2.95. The van der Waals surface area contributed by atoms with Gasteiger partial charge in [-0.3, -0.25) is 14.5 Å². The van der Waals surface area contributed by atoms with Gasteiger partial charge in [-0.05, 0) is 29.8 Å². The summed E-state index contributed by atoms with van der Waals surface area (Å²) in [6, 6.07) is 11.4. The minimum absolute atomic E-state index is 0.0379. The second kappa shape index (κ2) is 9.06. The monoisotopic (exact) mass is 433 g/mol. The maximum absolute atomic E-state index is 13.7. The highest BCUT2D eigenvalue weighted by Crippen LogP contribution is 2.35. The normalized spacial score (nSPS) is 15.1. The predicted molar refractivity (Wildman–Crippen MR) is 111 cm³/mol. The minimum atomic E-state index is -1.14. The molecule has 0 aliphatic carbocycles. The van der Waals surface area contributed by atoms with Crippen molar-refractivity contribution in [2.24, 2.45) is 0 Å². The summed E-state index contributed by atoms with van der Waals surface area (Å²) in [4.78, 5) is 24.6. The lowest BCUT2D eigenvalue weighted by atomic mass is 10.1. The van der Waals surface area contributed by atoms with Gasteiger partial charge in [0.05, 0.1) is 12.0 Å². The van der Waals surface area contributed by atoms with E-state index in [1.807, 2.05) is 0 Å². The third kappa shape index (κ3) is 4.93. The number of ether oxygens (including phenoxy) is 2. The molecule has 3 rings (SSSR count). The van der Waals surface area contributed by atoms with Crippen molar-refractivity contribution in [3.8, 4) is 11.5 Å². The topological polar surface area (TPSA) is 76.1 Å². The summed E-state index contributed by atoms with van der Waals surface area (Å²) in [5, 5.41) is 8.90. The fourth-order valence-corrected chi connectivity index (χ4v) is 3.84. The summed E-state index contributed by atoms with van der Waals surface area (Å²) in [6.45, 7) is -0.440. The maximum Gasteiger partial charge on any atom is 0.323 e. The quantitative estimate of drug-likeness (QED) is 0.527. The van der Waals surface area contributed by atoms with Crippen LogP contribution in [-0.4, -0.2) is 39.9 Å².